The van der Waals surface area contributed by atoms with Gasteiger partial charge in [-0.2, -0.15) is 0 Å². The van der Waals surface area contributed by atoms with Crippen molar-refractivity contribution in [2.24, 2.45) is 0 Å². The third kappa shape index (κ3) is 5.01. The van der Waals surface area contributed by atoms with Gasteiger partial charge >= 0.3 is 0 Å². The predicted molar refractivity (Wildman–Crippen MR) is 108 cm³/mol. The van der Waals surface area contributed by atoms with E-state index in [1.807, 2.05) is 0 Å². The molecule has 132 valence electrons. The van der Waals surface area contributed by atoms with Crippen molar-refractivity contribution in [1.82, 2.24) is 4.90 Å². The van der Waals surface area contributed by atoms with Crippen LogP contribution in [0.1, 0.15) is 16.7 Å². The maximum absolute atomic E-state index is 5.46. The zero-order valence-electron chi connectivity index (χ0n) is 14.8. The minimum atomic E-state index is 0.610. The molecule has 2 N–H and O–H groups in total. The van der Waals surface area contributed by atoms with Crippen LogP contribution in [-0.4, -0.2) is 36.3 Å². The molecule has 0 unspecified atom stereocenters. The molecule has 3 rings (SSSR count). The number of nitrogens with one attached hydrogen (secondary N) is 2. The van der Waals surface area contributed by atoms with Gasteiger partial charge in [0.15, 0.2) is 5.11 Å². The van der Waals surface area contributed by atoms with Crippen LogP contribution in [0.15, 0.2) is 42.5 Å². The van der Waals surface area contributed by atoms with Crippen molar-refractivity contribution in [3.05, 3.63) is 59.2 Å². The summed E-state index contributed by atoms with van der Waals surface area (Å²) in [5.41, 5.74) is 5.74. The van der Waals surface area contributed by atoms with Gasteiger partial charge in [0.2, 0.25) is 0 Å². The van der Waals surface area contributed by atoms with E-state index in [9.17, 15) is 0 Å². The fourth-order valence-electron chi connectivity index (χ4n) is 3.00. The number of rotatable bonds is 4. The molecule has 0 amide bonds. The molecule has 4 nitrogen and oxygen atoms in total. The number of para-hydroxylation sites is 1. The van der Waals surface area contributed by atoms with Crippen LogP contribution in [0, 0.1) is 13.8 Å². The summed E-state index contributed by atoms with van der Waals surface area (Å²) in [6.07, 6.45) is 0. The summed E-state index contributed by atoms with van der Waals surface area (Å²) >= 11 is 5.46. The van der Waals surface area contributed by atoms with Crippen LogP contribution in [0.3, 0.4) is 0 Å². The first-order valence-electron chi connectivity index (χ1n) is 8.65. The molecule has 25 heavy (non-hydrogen) atoms. The van der Waals surface area contributed by atoms with Gasteiger partial charge in [-0.25, -0.2) is 0 Å². The number of benzene rings is 2. The minimum Gasteiger partial charge on any atom is -0.379 e. The van der Waals surface area contributed by atoms with Gasteiger partial charge in [-0.3, -0.25) is 4.90 Å². The van der Waals surface area contributed by atoms with Crippen molar-refractivity contribution in [3.63, 3.8) is 0 Å². The first-order chi connectivity index (χ1) is 12.1. The van der Waals surface area contributed by atoms with Crippen LogP contribution >= 0.6 is 12.2 Å². The van der Waals surface area contributed by atoms with E-state index in [1.54, 1.807) is 0 Å². The molecule has 0 saturated carbocycles. The Labute approximate surface area is 155 Å². The highest BCUT2D eigenvalue weighted by Gasteiger charge is 2.10. The lowest BCUT2D eigenvalue weighted by Gasteiger charge is -2.26. The molecule has 0 aromatic heterocycles. The summed E-state index contributed by atoms with van der Waals surface area (Å²) in [7, 11) is 0. The van der Waals surface area contributed by atoms with Gasteiger partial charge in [0.25, 0.3) is 0 Å². The molecule has 0 aliphatic carbocycles. The summed E-state index contributed by atoms with van der Waals surface area (Å²) in [5, 5.41) is 7.18. The number of anilines is 2. The first kappa shape index (κ1) is 17.9. The Morgan fingerprint density at radius 2 is 1.64 bits per heavy atom. The van der Waals surface area contributed by atoms with E-state index in [2.05, 4.69) is 71.8 Å². The van der Waals surface area contributed by atoms with Crippen molar-refractivity contribution < 1.29 is 4.74 Å². The maximum atomic E-state index is 5.46. The van der Waals surface area contributed by atoms with Crippen LogP contribution in [0.25, 0.3) is 0 Å². The van der Waals surface area contributed by atoms with Crippen LogP contribution < -0.4 is 10.6 Å². The normalized spacial score (nSPS) is 15.0. The highest BCUT2D eigenvalue weighted by Crippen LogP contribution is 2.20. The van der Waals surface area contributed by atoms with Gasteiger partial charge < -0.3 is 15.4 Å². The van der Waals surface area contributed by atoms with Gasteiger partial charge in [-0.05, 0) is 54.9 Å². The SMILES string of the molecule is Cc1cccc(C)c1NC(=S)Nc1ccc(CN2CCOCC2)cc1. The van der Waals surface area contributed by atoms with Crippen molar-refractivity contribution >= 4 is 28.7 Å². The van der Waals surface area contributed by atoms with Gasteiger partial charge in [0, 0.05) is 31.0 Å². The van der Waals surface area contributed by atoms with E-state index >= 15 is 0 Å². The Morgan fingerprint density at radius 1 is 1.00 bits per heavy atom. The number of aryl methyl sites for hydroxylation is 2. The topological polar surface area (TPSA) is 36.5 Å². The summed E-state index contributed by atoms with van der Waals surface area (Å²) in [5.74, 6) is 0. The average Bonchev–Trinajstić information content (AvgIpc) is 2.61. The summed E-state index contributed by atoms with van der Waals surface area (Å²) in [4.78, 5) is 2.42. The number of hydrogen-bond acceptors (Lipinski definition) is 3. The Balaban J connectivity index is 1.56. The zero-order chi connectivity index (χ0) is 17.6. The fraction of sp³-hybridized carbons (Fsp3) is 0.350. The van der Waals surface area contributed by atoms with E-state index in [0.717, 1.165) is 44.2 Å². The zero-order valence-corrected chi connectivity index (χ0v) is 15.7. The molecule has 2 aromatic rings. The van der Waals surface area contributed by atoms with Crippen molar-refractivity contribution in [3.8, 4) is 0 Å². The fourth-order valence-corrected chi connectivity index (χ4v) is 3.22. The van der Waals surface area contributed by atoms with Crippen molar-refractivity contribution in [2.45, 2.75) is 20.4 Å². The molecule has 1 heterocycles. The summed E-state index contributed by atoms with van der Waals surface area (Å²) in [6.45, 7) is 8.80. The lowest BCUT2D eigenvalue weighted by molar-refractivity contribution is 0.0342. The highest BCUT2D eigenvalue weighted by atomic mass is 32.1. The molecule has 0 bridgehead atoms. The van der Waals surface area contributed by atoms with Crippen LogP contribution in [0.4, 0.5) is 11.4 Å². The van der Waals surface area contributed by atoms with Crippen molar-refractivity contribution in [2.75, 3.05) is 36.9 Å². The van der Waals surface area contributed by atoms with Crippen LogP contribution in [-0.2, 0) is 11.3 Å². The Hall–Kier alpha value is -1.95. The number of thiocarbonyl (C=S) groups is 1. The number of hydrogen-bond donors (Lipinski definition) is 2. The third-order valence-corrected chi connectivity index (χ3v) is 4.65. The molecule has 0 atom stereocenters. The summed E-state index contributed by atoms with van der Waals surface area (Å²) in [6, 6.07) is 14.7. The molecule has 1 aliphatic heterocycles. The number of nitrogens with zero attached hydrogens (tertiary/aromatic N) is 1. The smallest absolute Gasteiger partial charge is 0.175 e. The molecule has 1 saturated heterocycles. The van der Waals surface area contributed by atoms with Crippen LogP contribution in [0.2, 0.25) is 0 Å². The standard InChI is InChI=1S/C20H25N3OS/c1-15-4-3-5-16(2)19(15)22-20(25)21-18-8-6-17(7-9-18)14-23-10-12-24-13-11-23/h3-9H,10-14H2,1-2H3,(H2,21,22,25). The van der Waals surface area contributed by atoms with E-state index in [-0.39, 0.29) is 0 Å². The molecule has 1 aliphatic rings. The molecule has 1 fully saturated rings. The lowest BCUT2D eigenvalue weighted by Crippen LogP contribution is -2.35. The van der Waals surface area contributed by atoms with E-state index in [4.69, 9.17) is 17.0 Å². The highest BCUT2D eigenvalue weighted by molar-refractivity contribution is 7.80. The van der Waals surface area contributed by atoms with Crippen LogP contribution in [0.5, 0.6) is 0 Å². The quantitative estimate of drug-likeness (QED) is 0.813. The van der Waals surface area contributed by atoms with Crippen molar-refractivity contribution in [1.29, 1.82) is 0 Å². The number of morpholine rings is 1. The van der Waals surface area contributed by atoms with E-state index in [0.29, 0.717) is 5.11 Å². The molecular weight excluding hydrogens is 330 g/mol. The summed E-state index contributed by atoms with van der Waals surface area (Å²) < 4.78 is 5.39. The monoisotopic (exact) mass is 355 g/mol. The molecular formula is C20H25N3OS. The van der Waals surface area contributed by atoms with Gasteiger partial charge in [0.05, 0.1) is 13.2 Å². The largest absolute Gasteiger partial charge is 0.379 e. The van der Waals surface area contributed by atoms with Gasteiger partial charge in [-0.15, -0.1) is 0 Å². The lowest BCUT2D eigenvalue weighted by atomic mass is 10.1. The van der Waals surface area contributed by atoms with E-state index in [1.165, 1.54) is 16.7 Å². The first-order valence-corrected chi connectivity index (χ1v) is 9.06. The molecule has 5 heteroatoms. The Kier molecular flexibility index (Phi) is 6.02. The Bertz CT molecular complexity index is 704. The molecule has 0 spiro atoms. The average molecular weight is 356 g/mol. The van der Waals surface area contributed by atoms with Gasteiger partial charge in [-0.1, -0.05) is 30.3 Å². The number of ether oxygens (including phenoxy) is 1. The van der Waals surface area contributed by atoms with Gasteiger partial charge in [0.1, 0.15) is 0 Å². The molecule has 0 radical (unpaired) electrons. The second-order valence-electron chi connectivity index (χ2n) is 6.43. The maximum Gasteiger partial charge on any atom is 0.175 e. The third-order valence-electron chi connectivity index (χ3n) is 4.44. The second kappa shape index (κ2) is 8.43. The second-order valence-corrected chi connectivity index (χ2v) is 6.84. The Morgan fingerprint density at radius 3 is 2.28 bits per heavy atom. The van der Waals surface area contributed by atoms with E-state index < -0.39 is 0 Å². The predicted octanol–water partition coefficient (Wildman–Crippen LogP) is 3.94. The minimum absolute atomic E-state index is 0.610. The molecule has 2 aromatic carbocycles.